The molecule has 0 unspecified atom stereocenters. The summed E-state index contributed by atoms with van der Waals surface area (Å²) in [5.41, 5.74) is 0.448. The monoisotopic (exact) mass is 333 g/mol. The Morgan fingerprint density at radius 2 is 1.75 bits per heavy atom. The molecule has 0 aliphatic carbocycles. The highest BCUT2D eigenvalue weighted by Gasteiger charge is 2.44. The number of piperazine rings is 1. The molecule has 0 radical (unpaired) electrons. The third kappa shape index (κ3) is 2.97. The van der Waals surface area contributed by atoms with Crippen LogP contribution in [0.1, 0.15) is 6.42 Å². The molecule has 7 nitrogen and oxygen atoms in total. The lowest BCUT2D eigenvalue weighted by molar-refractivity contribution is -0.123. The van der Waals surface area contributed by atoms with Gasteiger partial charge in [-0.15, -0.1) is 0 Å². The molecule has 0 bridgehead atoms. The minimum Gasteiger partial charge on any atom is -0.497 e. The van der Waals surface area contributed by atoms with E-state index in [1.165, 1.54) is 12.0 Å². The first-order chi connectivity index (χ1) is 11.5. The highest BCUT2D eigenvalue weighted by molar-refractivity contribution is 6.23. The lowest BCUT2D eigenvalue weighted by Gasteiger charge is -2.35. The Bertz CT molecular complexity index is 641. The summed E-state index contributed by atoms with van der Waals surface area (Å²) in [5, 5.41) is 0. The molecule has 1 atom stereocenters. The summed E-state index contributed by atoms with van der Waals surface area (Å²) in [6.45, 7) is 3.40. The summed E-state index contributed by atoms with van der Waals surface area (Å²) in [6, 6.07) is 4.73. The topological polar surface area (TPSA) is 62.3 Å². The van der Waals surface area contributed by atoms with Crippen molar-refractivity contribution in [3.63, 3.8) is 0 Å². The number of carbonyl (C=O) groups is 2. The molecule has 0 spiro atoms. The van der Waals surface area contributed by atoms with Crippen molar-refractivity contribution >= 4 is 17.5 Å². The number of hydrogen-bond donors (Lipinski definition) is 0. The molecule has 2 amide bonds. The molecule has 0 N–H and O–H groups in total. The molecule has 0 aromatic heterocycles. The summed E-state index contributed by atoms with van der Waals surface area (Å²) in [7, 11) is 5.13. The first-order valence-corrected chi connectivity index (χ1v) is 8.06. The zero-order chi connectivity index (χ0) is 17.3. The molecule has 7 heteroatoms. The molecule has 3 rings (SSSR count). The van der Waals surface area contributed by atoms with Crippen LogP contribution < -0.4 is 14.4 Å². The molecular weight excluding hydrogens is 310 g/mol. The second kappa shape index (κ2) is 6.78. The quantitative estimate of drug-likeness (QED) is 0.752. The standard InChI is InChI=1S/C17H23N3O4/c1-18-6-8-19(9-7-18)14-11-16(21)20(17(14)22)13-10-12(23-2)4-5-15(13)24-3/h4-5,10,14H,6-9,11H2,1-3H3/t14-/m0/s1. The molecule has 130 valence electrons. The van der Waals surface area contributed by atoms with E-state index in [4.69, 9.17) is 9.47 Å². The van der Waals surface area contributed by atoms with E-state index in [0.29, 0.717) is 17.2 Å². The summed E-state index contributed by atoms with van der Waals surface area (Å²) < 4.78 is 10.5. The first kappa shape index (κ1) is 16.7. The highest BCUT2D eigenvalue weighted by atomic mass is 16.5. The van der Waals surface area contributed by atoms with Gasteiger partial charge in [0.2, 0.25) is 5.91 Å². The minimum absolute atomic E-state index is 0.184. The third-order valence-electron chi connectivity index (χ3n) is 4.73. The lowest BCUT2D eigenvalue weighted by Crippen LogP contribution is -2.51. The van der Waals surface area contributed by atoms with Crippen molar-refractivity contribution in [1.82, 2.24) is 9.80 Å². The van der Waals surface area contributed by atoms with Crippen LogP contribution in [0.15, 0.2) is 18.2 Å². The van der Waals surface area contributed by atoms with Crippen molar-refractivity contribution in [3.8, 4) is 11.5 Å². The van der Waals surface area contributed by atoms with Crippen LogP contribution in [0.4, 0.5) is 5.69 Å². The molecule has 2 aliphatic heterocycles. The molecule has 0 saturated carbocycles. The largest absolute Gasteiger partial charge is 0.497 e. The number of imide groups is 1. The third-order valence-corrected chi connectivity index (χ3v) is 4.73. The van der Waals surface area contributed by atoms with Crippen molar-refractivity contribution in [2.24, 2.45) is 0 Å². The van der Waals surface area contributed by atoms with Gasteiger partial charge in [-0.25, -0.2) is 4.90 Å². The van der Waals surface area contributed by atoms with Gasteiger partial charge in [0, 0.05) is 32.2 Å². The van der Waals surface area contributed by atoms with Gasteiger partial charge in [-0.1, -0.05) is 0 Å². The first-order valence-electron chi connectivity index (χ1n) is 8.06. The van der Waals surface area contributed by atoms with Crippen LogP contribution in [0, 0.1) is 0 Å². The Balaban J connectivity index is 1.87. The van der Waals surface area contributed by atoms with Gasteiger partial charge in [0.1, 0.15) is 11.5 Å². The summed E-state index contributed by atoms with van der Waals surface area (Å²) in [4.78, 5) is 31.0. The van der Waals surface area contributed by atoms with Crippen molar-refractivity contribution in [2.45, 2.75) is 12.5 Å². The zero-order valence-electron chi connectivity index (χ0n) is 14.3. The van der Waals surface area contributed by atoms with Crippen LogP contribution in [0.5, 0.6) is 11.5 Å². The van der Waals surface area contributed by atoms with E-state index in [2.05, 4.69) is 16.8 Å². The van der Waals surface area contributed by atoms with Gasteiger partial charge in [0.05, 0.1) is 32.4 Å². The highest BCUT2D eigenvalue weighted by Crippen LogP contribution is 2.36. The number of anilines is 1. The summed E-state index contributed by atoms with van der Waals surface area (Å²) in [5.74, 6) is 0.678. The Morgan fingerprint density at radius 1 is 1.04 bits per heavy atom. The van der Waals surface area contributed by atoms with Crippen LogP contribution in [-0.4, -0.2) is 75.1 Å². The number of carbonyl (C=O) groups excluding carboxylic acids is 2. The second-order valence-electron chi connectivity index (χ2n) is 6.16. The Morgan fingerprint density at radius 3 is 2.38 bits per heavy atom. The van der Waals surface area contributed by atoms with E-state index >= 15 is 0 Å². The number of benzene rings is 1. The second-order valence-corrected chi connectivity index (χ2v) is 6.16. The van der Waals surface area contributed by atoms with Gasteiger partial charge < -0.3 is 14.4 Å². The minimum atomic E-state index is -0.387. The fourth-order valence-corrected chi connectivity index (χ4v) is 3.26. The zero-order valence-corrected chi connectivity index (χ0v) is 14.3. The van der Waals surface area contributed by atoms with Gasteiger partial charge >= 0.3 is 0 Å². The maximum atomic E-state index is 12.9. The van der Waals surface area contributed by atoms with E-state index in [9.17, 15) is 9.59 Å². The molecule has 2 heterocycles. The normalized spacial score (nSPS) is 23.0. The fraction of sp³-hybridized carbons (Fsp3) is 0.529. The van der Waals surface area contributed by atoms with E-state index in [-0.39, 0.29) is 24.3 Å². The SMILES string of the molecule is COc1ccc(OC)c(N2C(=O)C[C@H](N3CCN(C)CC3)C2=O)c1. The predicted molar refractivity (Wildman–Crippen MR) is 89.5 cm³/mol. The number of methoxy groups -OCH3 is 2. The number of likely N-dealkylation sites (N-methyl/N-ethyl adjacent to an activating group) is 1. The summed E-state index contributed by atoms with van der Waals surface area (Å²) in [6.07, 6.45) is 0.211. The fourth-order valence-electron chi connectivity index (χ4n) is 3.26. The molecule has 24 heavy (non-hydrogen) atoms. The van der Waals surface area contributed by atoms with Gasteiger partial charge in [0.25, 0.3) is 5.91 Å². The van der Waals surface area contributed by atoms with Crippen LogP contribution in [0.25, 0.3) is 0 Å². The van der Waals surface area contributed by atoms with Crippen LogP contribution in [0.2, 0.25) is 0 Å². The average molecular weight is 333 g/mol. The maximum Gasteiger partial charge on any atom is 0.251 e. The molecule has 2 saturated heterocycles. The van der Waals surface area contributed by atoms with Crippen molar-refractivity contribution < 1.29 is 19.1 Å². The maximum absolute atomic E-state index is 12.9. The molecular formula is C17H23N3O4. The molecule has 2 fully saturated rings. The molecule has 2 aliphatic rings. The Hall–Kier alpha value is -2.12. The van der Waals surface area contributed by atoms with Crippen LogP contribution in [0.3, 0.4) is 0 Å². The van der Waals surface area contributed by atoms with E-state index < -0.39 is 0 Å². The lowest BCUT2D eigenvalue weighted by atomic mass is 10.2. The average Bonchev–Trinajstić information content (AvgIpc) is 2.89. The van der Waals surface area contributed by atoms with Crippen molar-refractivity contribution in [2.75, 3.05) is 52.3 Å². The number of amides is 2. The van der Waals surface area contributed by atoms with Crippen molar-refractivity contribution in [1.29, 1.82) is 0 Å². The van der Waals surface area contributed by atoms with Crippen LogP contribution >= 0.6 is 0 Å². The van der Waals surface area contributed by atoms with E-state index in [1.54, 1.807) is 25.3 Å². The van der Waals surface area contributed by atoms with E-state index in [0.717, 1.165) is 26.2 Å². The smallest absolute Gasteiger partial charge is 0.251 e. The number of nitrogens with zero attached hydrogens (tertiary/aromatic N) is 3. The molecule has 1 aromatic carbocycles. The van der Waals surface area contributed by atoms with Crippen molar-refractivity contribution in [3.05, 3.63) is 18.2 Å². The number of ether oxygens (including phenoxy) is 2. The predicted octanol–water partition coefficient (Wildman–Crippen LogP) is 0.583. The van der Waals surface area contributed by atoms with Gasteiger partial charge in [-0.3, -0.25) is 14.5 Å². The Kier molecular flexibility index (Phi) is 4.73. The summed E-state index contributed by atoms with van der Waals surface area (Å²) >= 11 is 0. The van der Waals surface area contributed by atoms with Gasteiger partial charge in [-0.05, 0) is 19.2 Å². The Labute approximate surface area is 141 Å². The van der Waals surface area contributed by atoms with Gasteiger partial charge in [-0.2, -0.15) is 0 Å². The van der Waals surface area contributed by atoms with Crippen LogP contribution in [-0.2, 0) is 9.59 Å². The van der Waals surface area contributed by atoms with E-state index in [1.807, 2.05) is 0 Å². The molecule has 1 aromatic rings. The number of hydrogen-bond acceptors (Lipinski definition) is 6. The number of rotatable bonds is 4. The van der Waals surface area contributed by atoms with Gasteiger partial charge in [0.15, 0.2) is 0 Å².